The van der Waals surface area contributed by atoms with Crippen LogP contribution in [0.1, 0.15) is 11.1 Å². The number of amides is 1. The molecule has 152 valence electrons. The second-order valence-corrected chi connectivity index (χ2v) is 8.32. The van der Waals surface area contributed by atoms with E-state index in [2.05, 4.69) is 5.32 Å². The average molecular weight is 407 g/mol. The Bertz CT molecular complexity index is 911. The molecular formula is C20H26N2O5S. The van der Waals surface area contributed by atoms with Crippen molar-refractivity contribution in [1.29, 1.82) is 0 Å². The van der Waals surface area contributed by atoms with Crippen LogP contribution >= 0.6 is 0 Å². The number of carbonyl (C=O) groups is 1. The van der Waals surface area contributed by atoms with Gasteiger partial charge in [0, 0.05) is 0 Å². The van der Waals surface area contributed by atoms with Gasteiger partial charge in [0.15, 0.2) is 0 Å². The maximum Gasteiger partial charge on any atom is 0.240 e. The Labute approximate surface area is 166 Å². The van der Waals surface area contributed by atoms with Gasteiger partial charge in [-0.2, -0.15) is 0 Å². The van der Waals surface area contributed by atoms with Gasteiger partial charge in [0.05, 0.1) is 25.6 Å². The Kier molecular flexibility index (Phi) is 7.28. The van der Waals surface area contributed by atoms with Crippen LogP contribution in [0.5, 0.6) is 11.5 Å². The van der Waals surface area contributed by atoms with Gasteiger partial charge in [-0.05, 0) is 61.4 Å². The van der Waals surface area contributed by atoms with E-state index >= 15 is 0 Å². The van der Waals surface area contributed by atoms with Crippen molar-refractivity contribution < 1.29 is 22.7 Å². The van der Waals surface area contributed by atoms with Gasteiger partial charge in [-0.3, -0.25) is 9.10 Å². The topological polar surface area (TPSA) is 84.9 Å². The molecule has 0 fully saturated rings. The van der Waals surface area contributed by atoms with E-state index in [1.807, 2.05) is 19.9 Å². The molecule has 0 atom stereocenters. The number of sulfonamides is 1. The van der Waals surface area contributed by atoms with E-state index in [9.17, 15) is 13.2 Å². The summed E-state index contributed by atoms with van der Waals surface area (Å²) < 4.78 is 36.0. The Hall–Kier alpha value is -2.74. The normalized spacial score (nSPS) is 11.0. The van der Waals surface area contributed by atoms with Crippen LogP contribution in [-0.2, 0) is 14.8 Å². The minimum atomic E-state index is -3.59. The van der Waals surface area contributed by atoms with Crippen LogP contribution in [0.15, 0.2) is 42.5 Å². The van der Waals surface area contributed by atoms with E-state index in [-0.39, 0.29) is 19.7 Å². The molecule has 2 rings (SSSR count). The molecule has 0 unspecified atom stereocenters. The van der Waals surface area contributed by atoms with Crippen molar-refractivity contribution in [1.82, 2.24) is 5.32 Å². The molecule has 7 nitrogen and oxygen atoms in total. The monoisotopic (exact) mass is 406 g/mol. The van der Waals surface area contributed by atoms with Crippen molar-refractivity contribution in [3.05, 3.63) is 53.6 Å². The van der Waals surface area contributed by atoms with E-state index in [4.69, 9.17) is 9.47 Å². The summed E-state index contributed by atoms with van der Waals surface area (Å²) in [5.41, 5.74) is 2.48. The Morgan fingerprint density at radius 3 is 2.25 bits per heavy atom. The molecule has 2 aromatic carbocycles. The first-order chi connectivity index (χ1) is 13.2. The highest BCUT2D eigenvalue weighted by molar-refractivity contribution is 7.92. The van der Waals surface area contributed by atoms with E-state index in [1.165, 1.54) is 0 Å². The second-order valence-electron chi connectivity index (χ2n) is 6.41. The number of methoxy groups -OCH3 is 1. The predicted molar refractivity (Wildman–Crippen MR) is 110 cm³/mol. The number of nitrogens with one attached hydrogen (secondary N) is 1. The van der Waals surface area contributed by atoms with Crippen LogP contribution in [0.25, 0.3) is 0 Å². The van der Waals surface area contributed by atoms with E-state index in [0.717, 1.165) is 27.4 Å². The summed E-state index contributed by atoms with van der Waals surface area (Å²) in [6.45, 7) is 4.08. The molecule has 2 aromatic rings. The van der Waals surface area contributed by atoms with Gasteiger partial charge in [-0.1, -0.05) is 6.07 Å². The van der Waals surface area contributed by atoms with Crippen LogP contribution in [-0.4, -0.2) is 47.4 Å². The molecule has 0 aliphatic carbocycles. The van der Waals surface area contributed by atoms with E-state index in [0.29, 0.717) is 11.4 Å². The molecule has 8 heteroatoms. The summed E-state index contributed by atoms with van der Waals surface area (Å²) in [5.74, 6) is 0.984. The number of benzene rings is 2. The third kappa shape index (κ3) is 6.16. The molecule has 28 heavy (non-hydrogen) atoms. The maximum absolute atomic E-state index is 12.2. The molecule has 0 saturated heterocycles. The number of rotatable bonds is 9. The minimum absolute atomic E-state index is 0.259. The number of anilines is 1. The third-order valence-electron chi connectivity index (χ3n) is 4.22. The first-order valence-electron chi connectivity index (χ1n) is 8.79. The number of carbonyl (C=O) groups excluding carboxylic acids is 1. The van der Waals surface area contributed by atoms with Crippen molar-refractivity contribution in [3.8, 4) is 11.5 Å². The van der Waals surface area contributed by atoms with Gasteiger partial charge >= 0.3 is 0 Å². The lowest BCUT2D eigenvalue weighted by Gasteiger charge is -2.22. The zero-order valence-corrected chi connectivity index (χ0v) is 17.4. The van der Waals surface area contributed by atoms with Gasteiger partial charge in [0.2, 0.25) is 15.9 Å². The number of aryl methyl sites for hydroxylation is 2. The van der Waals surface area contributed by atoms with Gasteiger partial charge < -0.3 is 14.8 Å². The lowest BCUT2D eigenvalue weighted by molar-refractivity contribution is -0.119. The summed E-state index contributed by atoms with van der Waals surface area (Å²) in [6.07, 6.45) is 1.09. The van der Waals surface area contributed by atoms with Crippen molar-refractivity contribution >= 4 is 21.6 Å². The standard InChI is InChI=1S/C20H26N2O5S/c1-15-5-6-17(13-16(15)2)22(28(4,24)25)14-20(23)21-11-12-27-19-9-7-18(26-3)8-10-19/h5-10,13H,11-12,14H2,1-4H3,(H,21,23). The highest BCUT2D eigenvalue weighted by Gasteiger charge is 2.21. The van der Waals surface area contributed by atoms with Gasteiger partial charge in [-0.25, -0.2) is 8.42 Å². The Morgan fingerprint density at radius 1 is 1.04 bits per heavy atom. The highest BCUT2D eigenvalue weighted by Crippen LogP contribution is 2.21. The van der Waals surface area contributed by atoms with Crippen molar-refractivity contribution in [2.75, 3.05) is 37.4 Å². The van der Waals surface area contributed by atoms with Crippen LogP contribution in [0.4, 0.5) is 5.69 Å². The lowest BCUT2D eigenvalue weighted by atomic mass is 10.1. The van der Waals surface area contributed by atoms with Crippen LogP contribution in [0.3, 0.4) is 0 Å². The van der Waals surface area contributed by atoms with Crippen molar-refractivity contribution in [2.24, 2.45) is 0 Å². The van der Waals surface area contributed by atoms with Crippen molar-refractivity contribution in [2.45, 2.75) is 13.8 Å². The van der Waals surface area contributed by atoms with Crippen LogP contribution in [0, 0.1) is 13.8 Å². The largest absolute Gasteiger partial charge is 0.497 e. The maximum atomic E-state index is 12.2. The average Bonchev–Trinajstić information content (AvgIpc) is 2.65. The fraction of sp³-hybridized carbons (Fsp3) is 0.350. The summed E-state index contributed by atoms with van der Waals surface area (Å²) >= 11 is 0. The summed E-state index contributed by atoms with van der Waals surface area (Å²) in [7, 11) is -2.01. The first-order valence-corrected chi connectivity index (χ1v) is 10.6. The second kappa shape index (κ2) is 9.45. The summed E-state index contributed by atoms with van der Waals surface area (Å²) in [6, 6.07) is 12.4. The van der Waals surface area contributed by atoms with Crippen molar-refractivity contribution in [3.63, 3.8) is 0 Å². The number of nitrogens with zero attached hydrogens (tertiary/aromatic N) is 1. The fourth-order valence-corrected chi connectivity index (χ4v) is 3.35. The lowest BCUT2D eigenvalue weighted by Crippen LogP contribution is -2.41. The molecule has 0 heterocycles. The molecular weight excluding hydrogens is 380 g/mol. The van der Waals surface area contributed by atoms with Gasteiger partial charge in [0.1, 0.15) is 24.7 Å². The summed E-state index contributed by atoms with van der Waals surface area (Å²) in [4.78, 5) is 12.2. The van der Waals surface area contributed by atoms with Crippen LogP contribution in [0.2, 0.25) is 0 Å². The Morgan fingerprint density at radius 2 is 1.68 bits per heavy atom. The smallest absolute Gasteiger partial charge is 0.240 e. The fourth-order valence-electron chi connectivity index (χ4n) is 2.50. The van der Waals surface area contributed by atoms with E-state index in [1.54, 1.807) is 43.5 Å². The quantitative estimate of drug-likeness (QED) is 0.646. The molecule has 0 spiro atoms. The molecule has 0 aliphatic heterocycles. The predicted octanol–water partition coefficient (Wildman–Crippen LogP) is 2.27. The number of hydrogen-bond donors (Lipinski definition) is 1. The molecule has 0 bridgehead atoms. The van der Waals surface area contributed by atoms with Gasteiger partial charge in [0.25, 0.3) is 0 Å². The molecule has 1 amide bonds. The molecule has 0 aromatic heterocycles. The number of hydrogen-bond acceptors (Lipinski definition) is 5. The van der Waals surface area contributed by atoms with Crippen LogP contribution < -0.4 is 19.1 Å². The van der Waals surface area contributed by atoms with E-state index < -0.39 is 15.9 Å². The SMILES string of the molecule is COc1ccc(OCCNC(=O)CN(c2ccc(C)c(C)c2)S(C)(=O)=O)cc1. The minimum Gasteiger partial charge on any atom is -0.497 e. The summed E-state index contributed by atoms with van der Waals surface area (Å²) in [5, 5.41) is 2.68. The number of ether oxygens (including phenoxy) is 2. The Balaban J connectivity index is 1.90. The molecule has 0 radical (unpaired) electrons. The van der Waals surface area contributed by atoms with Gasteiger partial charge in [-0.15, -0.1) is 0 Å². The first kappa shape index (κ1) is 21.6. The third-order valence-corrected chi connectivity index (χ3v) is 5.36. The molecule has 0 saturated carbocycles. The zero-order valence-electron chi connectivity index (χ0n) is 16.6. The highest BCUT2D eigenvalue weighted by atomic mass is 32.2. The molecule has 1 N–H and O–H groups in total. The molecule has 0 aliphatic rings. The zero-order chi connectivity index (χ0) is 20.7.